The molecule has 1 fully saturated rings. The Labute approximate surface area is 119 Å². The Morgan fingerprint density at radius 2 is 2.21 bits per heavy atom. The molecule has 1 aromatic heterocycles. The molecule has 19 heavy (non-hydrogen) atoms. The van der Waals surface area contributed by atoms with Crippen LogP contribution < -0.4 is 10.5 Å². The van der Waals surface area contributed by atoms with Gasteiger partial charge in [0, 0.05) is 12.6 Å². The number of sulfonamides is 1. The van der Waals surface area contributed by atoms with Crippen molar-refractivity contribution in [1.82, 2.24) is 5.32 Å². The van der Waals surface area contributed by atoms with Gasteiger partial charge >= 0.3 is 0 Å². The van der Waals surface area contributed by atoms with Crippen LogP contribution >= 0.6 is 15.9 Å². The number of amides is 1. The predicted octanol–water partition coefficient (Wildman–Crippen LogP) is 1.61. The summed E-state index contributed by atoms with van der Waals surface area (Å²) in [5, 5.41) is 7.67. The summed E-state index contributed by atoms with van der Waals surface area (Å²) in [7, 11) is -3.89. The highest BCUT2D eigenvalue weighted by Crippen LogP contribution is 2.33. The number of hydrogen-bond donors (Lipinski definition) is 2. The van der Waals surface area contributed by atoms with Gasteiger partial charge in [-0.1, -0.05) is 12.8 Å². The molecule has 8 heteroatoms. The summed E-state index contributed by atoms with van der Waals surface area (Å²) in [6, 6.07) is 1.12. The molecule has 0 aliphatic heterocycles. The summed E-state index contributed by atoms with van der Waals surface area (Å²) < 4.78 is 27.4. The largest absolute Gasteiger partial charge is 0.443 e. The van der Waals surface area contributed by atoms with Crippen LogP contribution in [0.15, 0.2) is 20.0 Å². The van der Waals surface area contributed by atoms with Gasteiger partial charge in [0.2, 0.25) is 10.0 Å². The zero-order valence-corrected chi connectivity index (χ0v) is 12.6. The van der Waals surface area contributed by atoms with E-state index in [1.54, 1.807) is 0 Å². The Bertz CT molecular complexity index is 578. The Morgan fingerprint density at radius 3 is 2.74 bits per heavy atom. The van der Waals surface area contributed by atoms with Crippen molar-refractivity contribution in [2.75, 3.05) is 6.54 Å². The molecule has 0 saturated heterocycles. The molecule has 1 aliphatic carbocycles. The van der Waals surface area contributed by atoms with E-state index in [-0.39, 0.29) is 15.3 Å². The Kier molecular flexibility index (Phi) is 4.32. The third-order valence-corrected chi connectivity index (χ3v) is 4.73. The fourth-order valence-corrected chi connectivity index (χ4v) is 3.25. The van der Waals surface area contributed by atoms with Crippen molar-refractivity contribution in [1.29, 1.82) is 0 Å². The average Bonchev–Trinajstić information content (AvgIpc) is 3.04. The number of halogens is 1. The molecule has 0 radical (unpaired) electrons. The van der Waals surface area contributed by atoms with Crippen molar-refractivity contribution in [2.24, 2.45) is 11.1 Å². The quantitative estimate of drug-likeness (QED) is 0.760. The molecule has 6 nitrogen and oxygen atoms in total. The van der Waals surface area contributed by atoms with Crippen molar-refractivity contribution in [3.05, 3.63) is 16.5 Å². The smallest absolute Gasteiger partial charge is 0.287 e. The monoisotopic (exact) mass is 350 g/mol. The summed E-state index contributed by atoms with van der Waals surface area (Å²) in [6.07, 6.45) is 4.61. The van der Waals surface area contributed by atoms with Gasteiger partial charge in [-0.25, -0.2) is 13.6 Å². The zero-order chi connectivity index (χ0) is 14.0. The highest BCUT2D eigenvalue weighted by Gasteiger charge is 2.23. The van der Waals surface area contributed by atoms with Crippen LogP contribution in [0.3, 0.4) is 0 Å². The van der Waals surface area contributed by atoms with Gasteiger partial charge in [0.25, 0.3) is 5.91 Å². The van der Waals surface area contributed by atoms with Gasteiger partial charge in [-0.15, -0.1) is 0 Å². The fraction of sp³-hybridized carbons (Fsp3) is 0.545. The standard InChI is InChI=1S/C11H15BrN2O4S/c12-10-9(19(13,16)17)6-8(18-10)11(15)14-5-1-2-7-3-4-7/h6-7H,1-5H2,(H,14,15)(H2,13,16,17). The molecule has 106 valence electrons. The van der Waals surface area contributed by atoms with E-state index in [4.69, 9.17) is 9.56 Å². The van der Waals surface area contributed by atoms with Crippen LogP contribution in [0, 0.1) is 5.92 Å². The number of nitrogens with one attached hydrogen (secondary N) is 1. The van der Waals surface area contributed by atoms with E-state index in [2.05, 4.69) is 21.2 Å². The predicted molar refractivity (Wildman–Crippen MR) is 72.1 cm³/mol. The molecule has 0 atom stereocenters. The second-order valence-corrected chi connectivity index (χ2v) is 6.89. The normalized spacial score (nSPS) is 15.5. The first-order chi connectivity index (χ1) is 8.88. The summed E-state index contributed by atoms with van der Waals surface area (Å²) in [5.74, 6) is 0.317. The van der Waals surface area contributed by atoms with Crippen LogP contribution in [0.25, 0.3) is 0 Å². The van der Waals surface area contributed by atoms with E-state index in [0.29, 0.717) is 6.54 Å². The molecule has 1 heterocycles. The Hall–Kier alpha value is -0.860. The van der Waals surface area contributed by atoms with Crippen LogP contribution in [0.1, 0.15) is 36.2 Å². The maximum atomic E-state index is 11.7. The molecule has 0 bridgehead atoms. The number of hydrogen-bond acceptors (Lipinski definition) is 4. The molecule has 3 N–H and O–H groups in total. The van der Waals surface area contributed by atoms with Gasteiger partial charge in [-0.2, -0.15) is 0 Å². The number of rotatable bonds is 6. The van der Waals surface area contributed by atoms with Gasteiger partial charge < -0.3 is 9.73 Å². The highest BCUT2D eigenvalue weighted by atomic mass is 79.9. The number of carbonyl (C=O) groups excluding carboxylic acids is 1. The number of furan rings is 1. The van der Waals surface area contributed by atoms with Crippen molar-refractivity contribution in [3.63, 3.8) is 0 Å². The first kappa shape index (κ1) is 14.5. The Morgan fingerprint density at radius 1 is 1.53 bits per heavy atom. The summed E-state index contributed by atoms with van der Waals surface area (Å²) in [5.41, 5.74) is 0. The van der Waals surface area contributed by atoms with Crippen molar-refractivity contribution < 1.29 is 17.6 Å². The molecule has 0 spiro atoms. The van der Waals surface area contributed by atoms with Crippen LogP contribution in [0.4, 0.5) is 0 Å². The molecular weight excluding hydrogens is 336 g/mol. The van der Waals surface area contributed by atoms with Crippen molar-refractivity contribution >= 4 is 31.9 Å². The lowest BCUT2D eigenvalue weighted by Gasteiger charge is -2.01. The maximum absolute atomic E-state index is 11.7. The first-order valence-corrected chi connectivity index (χ1v) is 8.32. The summed E-state index contributed by atoms with van der Waals surface area (Å²) in [4.78, 5) is 11.5. The van der Waals surface area contributed by atoms with Gasteiger partial charge in [0.15, 0.2) is 10.4 Å². The minimum absolute atomic E-state index is 0.0573. The minimum atomic E-state index is -3.89. The van der Waals surface area contributed by atoms with Crippen LogP contribution in [0.2, 0.25) is 0 Å². The summed E-state index contributed by atoms with van der Waals surface area (Å²) >= 11 is 2.92. The molecule has 2 rings (SSSR count). The van der Waals surface area contributed by atoms with Crippen molar-refractivity contribution in [2.45, 2.75) is 30.6 Å². The molecule has 1 aliphatic rings. The third kappa shape index (κ3) is 4.05. The SMILES string of the molecule is NS(=O)(=O)c1cc(C(=O)NCCCC2CC2)oc1Br. The second-order valence-electron chi connectivity index (χ2n) is 4.64. The van der Waals surface area contributed by atoms with E-state index in [1.165, 1.54) is 12.8 Å². The van der Waals surface area contributed by atoms with E-state index in [9.17, 15) is 13.2 Å². The van der Waals surface area contributed by atoms with E-state index in [0.717, 1.165) is 24.8 Å². The van der Waals surface area contributed by atoms with Gasteiger partial charge in [0.1, 0.15) is 4.90 Å². The molecule has 1 amide bonds. The molecule has 0 unspecified atom stereocenters. The second kappa shape index (κ2) is 5.64. The maximum Gasteiger partial charge on any atom is 0.287 e. The van der Waals surface area contributed by atoms with E-state index >= 15 is 0 Å². The van der Waals surface area contributed by atoms with Crippen LogP contribution in [0.5, 0.6) is 0 Å². The van der Waals surface area contributed by atoms with Crippen molar-refractivity contribution in [3.8, 4) is 0 Å². The molecular formula is C11H15BrN2O4S. The van der Waals surface area contributed by atoms with E-state index in [1.807, 2.05) is 0 Å². The lowest BCUT2D eigenvalue weighted by molar-refractivity contribution is 0.0924. The topological polar surface area (TPSA) is 102 Å². The number of primary sulfonamides is 1. The number of carbonyl (C=O) groups is 1. The fourth-order valence-electron chi connectivity index (χ4n) is 1.74. The average molecular weight is 351 g/mol. The van der Waals surface area contributed by atoms with Crippen LogP contribution in [-0.2, 0) is 10.0 Å². The van der Waals surface area contributed by atoms with Crippen LogP contribution in [-0.4, -0.2) is 20.9 Å². The minimum Gasteiger partial charge on any atom is -0.443 e. The van der Waals surface area contributed by atoms with Gasteiger partial charge in [-0.05, 0) is 34.7 Å². The highest BCUT2D eigenvalue weighted by molar-refractivity contribution is 9.10. The zero-order valence-electron chi connectivity index (χ0n) is 10.2. The molecule has 1 saturated carbocycles. The Balaban J connectivity index is 1.91. The van der Waals surface area contributed by atoms with Gasteiger partial charge in [0.05, 0.1) is 0 Å². The number of nitrogens with two attached hydrogens (primary N) is 1. The molecule has 0 aromatic carbocycles. The lowest BCUT2D eigenvalue weighted by Crippen LogP contribution is -2.24. The van der Waals surface area contributed by atoms with E-state index < -0.39 is 15.9 Å². The first-order valence-electron chi connectivity index (χ1n) is 5.98. The summed E-state index contributed by atoms with van der Waals surface area (Å²) in [6.45, 7) is 0.554. The molecule has 1 aromatic rings. The lowest BCUT2D eigenvalue weighted by atomic mass is 10.2. The van der Waals surface area contributed by atoms with Gasteiger partial charge in [-0.3, -0.25) is 4.79 Å². The third-order valence-electron chi connectivity index (χ3n) is 2.96.